The van der Waals surface area contributed by atoms with E-state index in [2.05, 4.69) is 0 Å². The van der Waals surface area contributed by atoms with Crippen LogP contribution in [-0.4, -0.2) is 35.5 Å². The number of amides is 2. The van der Waals surface area contributed by atoms with E-state index in [1.54, 1.807) is 31.2 Å². The lowest BCUT2D eigenvalue weighted by atomic mass is 10.1. The molecule has 0 aliphatic carbocycles. The van der Waals surface area contributed by atoms with Gasteiger partial charge in [-0.15, -0.1) is 0 Å². The number of hydrogen-bond acceptors (Lipinski definition) is 3. The number of imide groups is 1. The van der Waals surface area contributed by atoms with Crippen molar-refractivity contribution in [2.24, 2.45) is 0 Å². The van der Waals surface area contributed by atoms with Crippen molar-refractivity contribution in [1.82, 2.24) is 4.90 Å². The lowest BCUT2D eigenvalue weighted by molar-refractivity contribution is 0.0663. The summed E-state index contributed by atoms with van der Waals surface area (Å²) in [6.07, 6.45) is 0. The van der Waals surface area contributed by atoms with E-state index in [0.29, 0.717) is 17.7 Å². The van der Waals surface area contributed by atoms with Gasteiger partial charge >= 0.3 is 0 Å². The molecule has 0 saturated carbocycles. The molecule has 0 radical (unpaired) electrons. The summed E-state index contributed by atoms with van der Waals surface area (Å²) in [6.45, 7) is 2.23. The van der Waals surface area contributed by atoms with Crippen molar-refractivity contribution >= 4 is 11.8 Å². The first-order valence-corrected chi connectivity index (χ1v) is 4.65. The zero-order chi connectivity index (χ0) is 11.4. The first-order chi connectivity index (χ1) is 7.25. The Balaban J connectivity index is 0.000000531. The monoisotopic (exact) mass is 207 g/mol. The summed E-state index contributed by atoms with van der Waals surface area (Å²) in [5.41, 5.74) is 1.05. The van der Waals surface area contributed by atoms with E-state index in [4.69, 9.17) is 5.11 Å². The van der Waals surface area contributed by atoms with Gasteiger partial charge < -0.3 is 5.11 Å². The summed E-state index contributed by atoms with van der Waals surface area (Å²) in [5, 5.41) is 7.00. The highest BCUT2D eigenvalue weighted by Crippen LogP contribution is 2.21. The van der Waals surface area contributed by atoms with Crippen LogP contribution in [-0.2, 0) is 0 Å². The van der Waals surface area contributed by atoms with Gasteiger partial charge in [0, 0.05) is 13.7 Å². The Kier molecular flexibility index (Phi) is 3.57. The zero-order valence-electron chi connectivity index (χ0n) is 8.73. The van der Waals surface area contributed by atoms with Crippen molar-refractivity contribution < 1.29 is 14.7 Å². The standard InChI is InChI=1S/C10H9NO2.CH4O/c1-2-11-9(12)7-5-3-4-6-8(7)10(11)13;1-2/h3-6H,2H2,1H3;2H,1H3. The molecule has 0 fully saturated rings. The first-order valence-electron chi connectivity index (χ1n) is 4.65. The highest BCUT2D eigenvalue weighted by molar-refractivity contribution is 6.21. The van der Waals surface area contributed by atoms with Crippen molar-refractivity contribution in [3.05, 3.63) is 35.4 Å². The van der Waals surface area contributed by atoms with E-state index >= 15 is 0 Å². The van der Waals surface area contributed by atoms with Crippen LogP contribution < -0.4 is 0 Å². The number of hydrogen-bond donors (Lipinski definition) is 1. The number of fused-ring (bicyclic) bond motifs is 1. The largest absolute Gasteiger partial charge is 0.400 e. The molecule has 0 aromatic heterocycles. The summed E-state index contributed by atoms with van der Waals surface area (Å²) >= 11 is 0. The number of carbonyl (C=O) groups is 2. The molecule has 15 heavy (non-hydrogen) atoms. The third-order valence-electron chi connectivity index (χ3n) is 2.19. The average Bonchev–Trinajstić information content (AvgIpc) is 2.55. The van der Waals surface area contributed by atoms with Crippen LogP contribution >= 0.6 is 0 Å². The van der Waals surface area contributed by atoms with Crippen LogP contribution in [0.3, 0.4) is 0 Å². The molecule has 0 unspecified atom stereocenters. The van der Waals surface area contributed by atoms with Crippen LogP contribution in [0.15, 0.2) is 24.3 Å². The molecule has 0 bridgehead atoms. The Labute approximate surface area is 88.1 Å². The van der Waals surface area contributed by atoms with Crippen molar-refractivity contribution in [3.63, 3.8) is 0 Å². The van der Waals surface area contributed by atoms with Crippen molar-refractivity contribution in [2.75, 3.05) is 13.7 Å². The molecule has 1 aromatic carbocycles. The van der Waals surface area contributed by atoms with Crippen LogP contribution in [0, 0.1) is 0 Å². The van der Waals surface area contributed by atoms with Crippen LogP contribution in [0.25, 0.3) is 0 Å². The number of aliphatic hydroxyl groups excluding tert-OH is 1. The molecule has 1 heterocycles. The predicted octanol–water partition coefficient (Wildman–Crippen LogP) is 0.911. The van der Waals surface area contributed by atoms with Crippen LogP contribution in [0.5, 0.6) is 0 Å². The lowest BCUT2D eigenvalue weighted by Gasteiger charge is -2.08. The van der Waals surface area contributed by atoms with Crippen LogP contribution in [0.4, 0.5) is 0 Å². The molecule has 4 nitrogen and oxygen atoms in total. The molecule has 0 spiro atoms. The van der Waals surface area contributed by atoms with Gasteiger partial charge in [-0.25, -0.2) is 0 Å². The maximum atomic E-state index is 11.5. The summed E-state index contributed by atoms with van der Waals surface area (Å²) in [7, 11) is 1.00. The Hall–Kier alpha value is -1.68. The summed E-state index contributed by atoms with van der Waals surface area (Å²) in [5.74, 6) is -0.355. The Bertz CT molecular complexity index is 352. The molecule has 1 N–H and O–H groups in total. The highest BCUT2D eigenvalue weighted by Gasteiger charge is 2.33. The molecular weight excluding hydrogens is 194 g/mol. The third kappa shape index (κ3) is 1.76. The van der Waals surface area contributed by atoms with E-state index < -0.39 is 0 Å². The maximum Gasteiger partial charge on any atom is 0.261 e. The fourth-order valence-electron chi connectivity index (χ4n) is 1.53. The van der Waals surface area contributed by atoms with Gasteiger partial charge in [0.15, 0.2) is 0 Å². The van der Waals surface area contributed by atoms with Gasteiger partial charge in [0.2, 0.25) is 0 Å². The normalized spacial score (nSPS) is 13.4. The van der Waals surface area contributed by atoms with Gasteiger partial charge in [-0.05, 0) is 19.1 Å². The second-order valence-corrected chi connectivity index (χ2v) is 2.90. The molecule has 0 saturated heterocycles. The molecule has 1 aliphatic rings. The van der Waals surface area contributed by atoms with Crippen LogP contribution in [0.2, 0.25) is 0 Å². The maximum absolute atomic E-state index is 11.5. The quantitative estimate of drug-likeness (QED) is 0.696. The second-order valence-electron chi connectivity index (χ2n) is 2.90. The minimum absolute atomic E-state index is 0.178. The minimum atomic E-state index is -0.178. The highest BCUT2D eigenvalue weighted by atomic mass is 16.2. The fourth-order valence-corrected chi connectivity index (χ4v) is 1.53. The summed E-state index contributed by atoms with van der Waals surface area (Å²) in [6, 6.07) is 6.91. The molecule has 0 atom stereocenters. The molecule has 2 amide bonds. The molecule has 1 aliphatic heterocycles. The molecule has 2 rings (SSSR count). The van der Waals surface area contributed by atoms with E-state index in [-0.39, 0.29) is 11.8 Å². The second kappa shape index (κ2) is 4.70. The smallest absolute Gasteiger partial charge is 0.261 e. The van der Waals surface area contributed by atoms with Gasteiger partial charge in [0.25, 0.3) is 11.8 Å². The Morgan fingerprint density at radius 3 is 1.80 bits per heavy atom. The summed E-state index contributed by atoms with van der Waals surface area (Å²) in [4.78, 5) is 24.3. The van der Waals surface area contributed by atoms with Crippen molar-refractivity contribution in [3.8, 4) is 0 Å². The lowest BCUT2D eigenvalue weighted by Crippen LogP contribution is -2.29. The topological polar surface area (TPSA) is 57.6 Å². The number of rotatable bonds is 1. The van der Waals surface area contributed by atoms with E-state index in [1.807, 2.05) is 0 Å². The third-order valence-corrected chi connectivity index (χ3v) is 2.19. The van der Waals surface area contributed by atoms with Gasteiger partial charge in [0.1, 0.15) is 0 Å². The van der Waals surface area contributed by atoms with E-state index in [9.17, 15) is 9.59 Å². The molecular formula is C11H13NO3. The first kappa shape index (κ1) is 11.4. The van der Waals surface area contributed by atoms with Gasteiger partial charge in [-0.1, -0.05) is 12.1 Å². The fraction of sp³-hybridized carbons (Fsp3) is 0.273. The molecule has 1 aromatic rings. The molecule has 80 valence electrons. The SMILES string of the molecule is CCN1C(=O)c2ccccc2C1=O.CO. The number of carbonyl (C=O) groups excluding carboxylic acids is 2. The average molecular weight is 207 g/mol. The minimum Gasteiger partial charge on any atom is -0.400 e. The van der Waals surface area contributed by atoms with Gasteiger partial charge in [-0.2, -0.15) is 0 Å². The van der Waals surface area contributed by atoms with Crippen molar-refractivity contribution in [1.29, 1.82) is 0 Å². The summed E-state index contributed by atoms with van der Waals surface area (Å²) < 4.78 is 0. The Morgan fingerprint density at radius 2 is 1.47 bits per heavy atom. The van der Waals surface area contributed by atoms with Crippen molar-refractivity contribution in [2.45, 2.75) is 6.92 Å². The number of benzene rings is 1. The predicted molar refractivity (Wildman–Crippen MR) is 55.6 cm³/mol. The van der Waals surface area contributed by atoms with Crippen LogP contribution in [0.1, 0.15) is 27.6 Å². The van der Waals surface area contributed by atoms with E-state index in [1.165, 1.54) is 4.90 Å². The molecule has 4 heteroatoms. The van der Waals surface area contributed by atoms with E-state index in [0.717, 1.165) is 7.11 Å². The number of nitrogens with zero attached hydrogens (tertiary/aromatic N) is 1. The van der Waals surface area contributed by atoms with Gasteiger partial charge in [0.05, 0.1) is 11.1 Å². The zero-order valence-corrected chi connectivity index (χ0v) is 8.73. The Morgan fingerprint density at radius 1 is 1.07 bits per heavy atom. The van der Waals surface area contributed by atoms with Gasteiger partial charge in [-0.3, -0.25) is 14.5 Å². The number of aliphatic hydroxyl groups is 1.